The Morgan fingerprint density at radius 1 is 1.53 bits per heavy atom. The summed E-state index contributed by atoms with van der Waals surface area (Å²) >= 11 is 1.83. The second-order valence-corrected chi connectivity index (χ2v) is 5.11. The van der Waals surface area contributed by atoms with Gasteiger partial charge < -0.3 is 15.2 Å². The summed E-state index contributed by atoms with van der Waals surface area (Å²) in [6.45, 7) is 3.45. The number of nitrogens with one attached hydrogen (secondary N) is 1. The molecule has 1 rings (SSSR count). The monoisotopic (exact) mass is 283 g/mol. The summed E-state index contributed by atoms with van der Waals surface area (Å²) in [5.41, 5.74) is 0.249. The summed E-state index contributed by atoms with van der Waals surface area (Å²) in [6.07, 6.45) is 3.19. The third-order valence-corrected chi connectivity index (χ3v) is 3.48. The Bertz CT molecular complexity index is 398. The van der Waals surface area contributed by atoms with E-state index in [1.807, 2.05) is 11.8 Å². The highest BCUT2D eigenvalue weighted by molar-refractivity contribution is 7.98. The minimum Gasteiger partial charge on any atom is -0.492 e. The lowest BCUT2D eigenvalue weighted by Crippen LogP contribution is -2.33. The van der Waals surface area contributed by atoms with Crippen LogP contribution in [0.3, 0.4) is 0 Å². The quantitative estimate of drug-likeness (QED) is 0.682. The fourth-order valence-electron chi connectivity index (χ4n) is 1.67. The van der Waals surface area contributed by atoms with Crippen LogP contribution >= 0.6 is 11.8 Å². The van der Waals surface area contributed by atoms with Crippen LogP contribution in [-0.4, -0.2) is 42.3 Å². The first-order chi connectivity index (χ1) is 9.17. The molecule has 1 aromatic rings. The smallest absolute Gasteiger partial charge is 0.335 e. The van der Waals surface area contributed by atoms with Crippen molar-refractivity contribution in [2.45, 2.75) is 19.4 Å². The Balaban J connectivity index is 2.33. The highest BCUT2D eigenvalue weighted by atomic mass is 32.2. The van der Waals surface area contributed by atoms with Crippen molar-refractivity contribution >= 4 is 17.7 Å². The molecule has 19 heavy (non-hydrogen) atoms. The third kappa shape index (κ3) is 5.98. The first-order valence-electron chi connectivity index (χ1n) is 6.35. The molecule has 5 heteroatoms. The fraction of sp³-hybridized carbons (Fsp3) is 0.500. The molecule has 0 saturated heterocycles. The number of aromatic carboxylic acids is 1. The molecule has 0 aliphatic rings. The van der Waals surface area contributed by atoms with Gasteiger partial charge in [-0.15, -0.1) is 0 Å². The minimum atomic E-state index is -0.936. The molecule has 1 unspecified atom stereocenters. The van der Waals surface area contributed by atoms with Gasteiger partial charge in [0, 0.05) is 18.3 Å². The zero-order valence-electron chi connectivity index (χ0n) is 11.4. The lowest BCUT2D eigenvalue weighted by Gasteiger charge is -2.15. The van der Waals surface area contributed by atoms with Crippen LogP contribution in [0.4, 0.5) is 0 Å². The molecule has 4 nitrogen and oxygen atoms in total. The van der Waals surface area contributed by atoms with Crippen LogP contribution < -0.4 is 10.1 Å². The van der Waals surface area contributed by atoms with Crippen LogP contribution in [0.2, 0.25) is 0 Å². The molecule has 0 amide bonds. The SMILES string of the molecule is CCC(CSC)NCCOc1cccc(C(=O)O)c1. The van der Waals surface area contributed by atoms with E-state index >= 15 is 0 Å². The summed E-state index contributed by atoms with van der Waals surface area (Å²) in [6, 6.07) is 7.06. The maximum atomic E-state index is 10.8. The van der Waals surface area contributed by atoms with E-state index in [4.69, 9.17) is 9.84 Å². The van der Waals surface area contributed by atoms with Crippen molar-refractivity contribution in [2.75, 3.05) is 25.2 Å². The largest absolute Gasteiger partial charge is 0.492 e. The lowest BCUT2D eigenvalue weighted by molar-refractivity contribution is 0.0696. The van der Waals surface area contributed by atoms with Crippen molar-refractivity contribution in [2.24, 2.45) is 0 Å². The molecule has 0 aliphatic carbocycles. The average Bonchev–Trinajstić information content (AvgIpc) is 2.42. The van der Waals surface area contributed by atoms with Gasteiger partial charge in [-0.2, -0.15) is 11.8 Å². The van der Waals surface area contributed by atoms with E-state index in [-0.39, 0.29) is 5.56 Å². The molecule has 1 aromatic carbocycles. The zero-order valence-corrected chi connectivity index (χ0v) is 12.2. The molecule has 0 fully saturated rings. The number of thioether (sulfide) groups is 1. The Morgan fingerprint density at radius 2 is 2.32 bits per heavy atom. The number of carbonyl (C=O) groups is 1. The van der Waals surface area contributed by atoms with Crippen molar-refractivity contribution in [1.29, 1.82) is 0 Å². The molecule has 0 heterocycles. The van der Waals surface area contributed by atoms with Crippen molar-refractivity contribution in [3.63, 3.8) is 0 Å². The Hall–Kier alpha value is -1.20. The number of hydrogen-bond donors (Lipinski definition) is 2. The van der Waals surface area contributed by atoms with E-state index in [1.165, 1.54) is 0 Å². The summed E-state index contributed by atoms with van der Waals surface area (Å²) in [7, 11) is 0. The van der Waals surface area contributed by atoms with E-state index in [0.29, 0.717) is 18.4 Å². The van der Waals surface area contributed by atoms with Crippen molar-refractivity contribution in [3.05, 3.63) is 29.8 Å². The summed E-state index contributed by atoms with van der Waals surface area (Å²) < 4.78 is 5.54. The third-order valence-electron chi connectivity index (χ3n) is 2.75. The van der Waals surface area contributed by atoms with Gasteiger partial charge >= 0.3 is 5.97 Å². The minimum absolute atomic E-state index is 0.249. The van der Waals surface area contributed by atoms with Gasteiger partial charge in [-0.25, -0.2) is 4.79 Å². The normalized spacial score (nSPS) is 12.1. The number of hydrogen-bond acceptors (Lipinski definition) is 4. The van der Waals surface area contributed by atoms with Crippen molar-refractivity contribution in [1.82, 2.24) is 5.32 Å². The predicted octanol–water partition coefficient (Wildman–Crippen LogP) is 2.49. The van der Waals surface area contributed by atoms with Gasteiger partial charge in [0.1, 0.15) is 12.4 Å². The van der Waals surface area contributed by atoms with E-state index in [2.05, 4.69) is 18.5 Å². The number of carboxylic acid groups (broad SMARTS) is 1. The maximum absolute atomic E-state index is 10.8. The maximum Gasteiger partial charge on any atom is 0.335 e. The van der Waals surface area contributed by atoms with Crippen LogP contribution in [0.25, 0.3) is 0 Å². The molecule has 0 aromatic heterocycles. The van der Waals surface area contributed by atoms with Crippen LogP contribution in [0.15, 0.2) is 24.3 Å². The average molecular weight is 283 g/mol. The highest BCUT2D eigenvalue weighted by Crippen LogP contribution is 2.13. The van der Waals surface area contributed by atoms with Gasteiger partial charge in [-0.1, -0.05) is 13.0 Å². The van der Waals surface area contributed by atoms with Crippen molar-refractivity contribution < 1.29 is 14.6 Å². The summed E-state index contributed by atoms with van der Waals surface area (Å²) in [4.78, 5) is 10.8. The van der Waals surface area contributed by atoms with Gasteiger partial charge in [0.05, 0.1) is 5.56 Å². The van der Waals surface area contributed by atoms with Crippen molar-refractivity contribution in [3.8, 4) is 5.75 Å². The van der Waals surface area contributed by atoms with E-state index in [9.17, 15) is 4.79 Å². The first kappa shape index (κ1) is 15.9. The standard InChI is InChI=1S/C14H21NO3S/c1-3-12(10-19-2)15-7-8-18-13-6-4-5-11(9-13)14(16)17/h4-6,9,12,15H,3,7-8,10H2,1-2H3,(H,16,17). The first-order valence-corrected chi connectivity index (χ1v) is 7.75. The van der Waals surface area contributed by atoms with E-state index < -0.39 is 5.97 Å². The number of benzene rings is 1. The predicted molar refractivity (Wildman–Crippen MR) is 79.4 cm³/mol. The molecule has 0 radical (unpaired) electrons. The summed E-state index contributed by atoms with van der Waals surface area (Å²) in [5, 5.41) is 12.3. The van der Waals surface area contributed by atoms with Gasteiger partial charge in [-0.3, -0.25) is 0 Å². The Kier molecular flexibility index (Phi) is 7.36. The fourth-order valence-corrected chi connectivity index (χ4v) is 2.43. The van der Waals surface area contributed by atoms with Gasteiger partial charge in [0.2, 0.25) is 0 Å². The second kappa shape index (κ2) is 8.82. The molecular formula is C14H21NO3S. The topological polar surface area (TPSA) is 58.6 Å². The molecule has 0 aliphatic heterocycles. The van der Waals surface area contributed by atoms with E-state index in [0.717, 1.165) is 18.7 Å². The van der Waals surface area contributed by atoms with Gasteiger partial charge in [-0.05, 0) is 30.9 Å². The number of carboxylic acids is 1. The highest BCUT2D eigenvalue weighted by Gasteiger charge is 2.05. The number of rotatable bonds is 9. The van der Waals surface area contributed by atoms with Crippen LogP contribution in [-0.2, 0) is 0 Å². The van der Waals surface area contributed by atoms with Crippen LogP contribution in [0, 0.1) is 0 Å². The Morgan fingerprint density at radius 3 is 2.95 bits per heavy atom. The Labute approximate surface area is 118 Å². The number of ether oxygens (including phenoxy) is 1. The molecule has 2 N–H and O–H groups in total. The molecule has 1 atom stereocenters. The molecule has 0 bridgehead atoms. The van der Waals surface area contributed by atoms with Gasteiger partial charge in [0.15, 0.2) is 0 Å². The molecule has 106 valence electrons. The lowest BCUT2D eigenvalue weighted by atomic mass is 10.2. The molecule has 0 saturated carbocycles. The van der Waals surface area contributed by atoms with Gasteiger partial charge in [0.25, 0.3) is 0 Å². The summed E-state index contributed by atoms with van der Waals surface area (Å²) in [5.74, 6) is 0.750. The van der Waals surface area contributed by atoms with Crippen LogP contribution in [0.1, 0.15) is 23.7 Å². The second-order valence-electron chi connectivity index (χ2n) is 4.20. The van der Waals surface area contributed by atoms with Crippen LogP contribution in [0.5, 0.6) is 5.75 Å². The molecule has 0 spiro atoms. The molecular weight excluding hydrogens is 262 g/mol. The zero-order chi connectivity index (χ0) is 14.1. The van der Waals surface area contributed by atoms with E-state index in [1.54, 1.807) is 24.3 Å².